The number of likely N-dealkylation sites (tertiary alicyclic amines) is 1. The second-order valence-corrected chi connectivity index (χ2v) is 11.6. The Bertz CT molecular complexity index is 1250. The monoisotopic (exact) mass is 499 g/mol. The average Bonchev–Trinajstić information content (AvgIpc) is 3.50. The topological polar surface area (TPSA) is 79.0 Å². The van der Waals surface area contributed by atoms with Gasteiger partial charge < -0.3 is 9.64 Å². The SMILES string of the molecule is O=C1NC(=O)C2(N3Cc4cc(O[C@@H]5CCCC[C@@H]5N5CC[C@@H](c6ccccc6)C5)ccc4C3=O)CC1C2. The molecule has 6 aliphatic rings. The summed E-state index contributed by atoms with van der Waals surface area (Å²) in [5.41, 5.74) is 2.09. The third-order valence-corrected chi connectivity index (χ3v) is 9.51. The van der Waals surface area contributed by atoms with Gasteiger partial charge in [0, 0.05) is 30.6 Å². The molecule has 2 aliphatic carbocycles. The van der Waals surface area contributed by atoms with E-state index < -0.39 is 5.54 Å². The summed E-state index contributed by atoms with van der Waals surface area (Å²) in [4.78, 5) is 42.1. The summed E-state index contributed by atoms with van der Waals surface area (Å²) in [6, 6.07) is 17.0. The number of piperidine rings is 2. The van der Waals surface area contributed by atoms with Gasteiger partial charge in [-0.25, -0.2) is 0 Å². The molecule has 0 radical (unpaired) electrons. The van der Waals surface area contributed by atoms with Crippen LogP contribution in [0.3, 0.4) is 0 Å². The van der Waals surface area contributed by atoms with Crippen LogP contribution in [0.15, 0.2) is 48.5 Å². The lowest BCUT2D eigenvalue weighted by atomic mass is 9.63. The fraction of sp³-hybridized carbons (Fsp3) is 0.500. The van der Waals surface area contributed by atoms with Crippen LogP contribution in [0, 0.1) is 5.92 Å². The van der Waals surface area contributed by atoms with Crippen LogP contribution in [0.2, 0.25) is 0 Å². The summed E-state index contributed by atoms with van der Waals surface area (Å²) < 4.78 is 6.64. The van der Waals surface area contributed by atoms with Gasteiger partial charge in [0.1, 0.15) is 17.4 Å². The highest BCUT2D eigenvalue weighted by Gasteiger charge is 2.63. The molecule has 4 heterocycles. The zero-order valence-electron chi connectivity index (χ0n) is 21.0. The number of nitrogens with zero attached hydrogens (tertiary/aromatic N) is 2. The lowest BCUT2D eigenvalue weighted by Gasteiger charge is -2.53. The normalized spacial score (nSPS) is 33.2. The molecule has 2 saturated carbocycles. The van der Waals surface area contributed by atoms with Gasteiger partial charge in [-0.15, -0.1) is 0 Å². The van der Waals surface area contributed by atoms with Crippen molar-refractivity contribution in [1.29, 1.82) is 0 Å². The molecule has 2 bridgehead atoms. The highest BCUT2D eigenvalue weighted by molar-refractivity contribution is 6.10. The van der Waals surface area contributed by atoms with Crippen LogP contribution in [0.1, 0.15) is 72.3 Å². The zero-order valence-corrected chi connectivity index (χ0v) is 21.0. The Morgan fingerprint density at radius 2 is 1.73 bits per heavy atom. The van der Waals surface area contributed by atoms with Crippen LogP contribution in [-0.4, -0.2) is 58.3 Å². The fourth-order valence-electron chi connectivity index (χ4n) is 7.41. The van der Waals surface area contributed by atoms with E-state index in [1.165, 1.54) is 24.8 Å². The molecule has 7 heteroatoms. The minimum atomic E-state index is -0.880. The summed E-state index contributed by atoms with van der Waals surface area (Å²) in [6.07, 6.45) is 6.79. The van der Waals surface area contributed by atoms with Gasteiger partial charge in [-0.1, -0.05) is 36.8 Å². The molecule has 1 N–H and O–H groups in total. The minimum Gasteiger partial charge on any atom is -0.489 e. The van der Waals surface area contributed by atoms with E-state index in [2.05, 4.69) is 40.5 Å². The highest BCUT2D eigenvalue weighted by Crippen LogP contribution is 2.49. The first-order valence-corrected chi connectivity index (χ1v) is 13.8. The summed E-state index contributed by atoms with van der Waals surface area (Å²) in [7, 11) is 0. The van der Waals surface area contributed by atoms with Gasteiger partial charge in [0.05, 0.1) is 0 Å². The molecule has 2 aromatic rings. The summed E-state index contributed by atoms with van der Waals surface area (Å²) in [5, 5.41) is 2.45. The van der Waals surface area contributed by atoms with Crippen LogP contribution in [-0.2, 0) is 16.1 Å². The zero-order chi connectivity index (χ0) is 25.1. The first-order chi connectivity index (χ1) is 18.0. The molecule has 0 unspecified atom stereocenters. The molecular formula is C30H33N3O4. The maximum absolute atomic E-state index is 13.2. The molecule has 3 atom stereocenters. The van der Waals surface area contributed by atoms with E-state index in [0.29, 0.717) is 36.9 Å². The number of carbonyl (C=O) groups excluding carboxylic acids is 3. The molecule has 37 heavy (non-hydrogen) atoms. The first-order valence-electron chi connectivity index (χ1n) is 13.8. The van der Waals surface area contributed by atoms with E-state index in [4.69, 9.17) is 4.74 Å². The van der Waals surface area contributed by atoms with Crippen molar-refractivity contribution in [1.82, 2.24) is 15.1 Å². The molecular weight excluding hydrogens is 466 g/mol. The number of imide groups is 1. The molecule has 3 saturated heterocycles. The van der Waals surface area contributed by atoms with E-state index in [9.17, 15) is 14.4 Å². The molecule has 0 aromatic heterocycles. The van der Waals surface area contributed by atoms with E-state index in [1.54, 1.807) is 4.90 Å². The first kappa shape index (κ1) is 23.0. The van der Waals surface area contributed by atoms with E-state index in [-0.39, 0.29) is 29.7 Å². The predicted octanol–water partition coefficient (Wildman–Crippen LogP) is 3.63. The van der Waals surface area contributed by atoms with Crippen LogP contribution in [0.25, 0.3) is 0 Å². The van der Waals surface area contributed by atoms with E-state index >= 15 is 0 Å². The predicted molar refractivity (Wildman–Crippen MR) is 137 cm³/mol. The maximum Gasteiger partial charge on any atom is 0.255 e. The summed E-state index contributed by atoms with van der Waals surface area (Å²) >= 11 is 0. The lowest BCUT2D eigenvalue weighted by Crippen LogP contribution is -2.73. The van der Waals surface area contributed by atoms with Crippen molar-refractivity contribution >= 4 is 17.7 Å². The van der Waals surface area contributed by atoms with Crippen molar-refractivity contribution in [2.24, 2.45) is 5.92 Å². The van der Waals surface area contributed by atoms with Crippen LogP contribution < -0.4 is 10.1 Å². The Hall–Kier alpha value is -3.19. The second-order valence-electron chi connectivity index (χ2n) is 11.6. The van der Waals surface area contributed by atoms with Gasteiger partial charge in [0.25, 0.3) is 11.8 Å². The van der Waals surface area contributed by atoms with Gasteiger partial charge >= 0.3 is 0 Å². The number of nitrogens with one attached hydrogen (secondary N) is 1. The minimum absolute atomic E-state index is 0.121. The number of ether oxygens (including phenoxy) is 1. The molecule has 0 spiro atoms. The number of amides is 3. The summed E-state index contributed by atoms with van der Waals surface area (Å²) in [6.45, 7) is 2.57. The van der Waals surface area contributed by atoms with Crippen LogP contribution >= 0.6 is 0 Å². The molecule has 192 valence electrons. The number of hydrogen-bond acceptors (Lipinski definition) is 5. The van der Waals surface area contributed by atoms with E-state index in [1.807, 2.05) is 18.2 Å². The molecule has 7 nitrogen and oxygen atoms in total. The van der Waals surface area contributed by atoms with Crippen molar-refractivity contribution in [3.8, 4) is 5.75 Å². The largest absolute Gasteiger partial charge is 0.489 e. The van der Waals surface area contributed by atoms with E-state index in [0.717, 1.165) is 37.2 Å². The van der Waals surface area contributed by atoms with Gasteiger partial charge in [-0.2, -0.15) is 0 Å². The molecule has 3 amide bonds. The van der Waals surface area contributed by atoms with Crippen molar-refractivity contribution in [2.45, 2.75) is 75.1 Å². The molecule has 4 aliphatic heterocycles. The summed E-state index contributed by atoms with van der Waals surface area (Å²) in [5.74, 6) is 0.561. The number of fused-ring (bicyclic) bond motifs is 3. The van der Waals surface area contributed by atoms with Gasteiger partial charge in [-0.3, -0.25) is 24.6 Å². The number of carbonyl (C=O) groups is 3. The van der Waals surface area contributed by atoms with Crippen molar-refractivity contribution in [2.75, 3.05) is 13.1 Å². The number of hydrogen-bond donors (Lipinski definition) is 1. The maximum atomic E-state index is 13.2. The highest BCUT2D eigenvalue weighted by atomic mass is 16.5. The van der Waals surface area contributed by atoms with Gasteiger partial charge in [0.15, 0.2) is 0 Å². The second kappa shape index (κ2) is 8.69. The van der Waals surface area contributed by atoms with Crippen LogP contribution in [0.4, 0.5) is 0 Å². The third kappa shape index (κ3) is 3.69. The standard InChI is InChI=1S/C30H33N3O4/c34-27-22-15-30(16-22,29(36)31-27)33-18-21-14-23(10-11-24(21)28(33)35)37-26-9-5-4-8-25(26)32-13-12-20(17-32)19-6-2-1-3-7-19/h1-3,6-7,10-11,14,20,22,25-26H,4-5,8-9,12-13,15-18H2,(H,31,34,36)/t20-,22?,25+,26-,30?/m1/s1. The van der Waals surface area contributed by atoms with Crippen molar-refractivity contribution in [3.05, 3.63) is 65.2 Å². The van der Waals surface area contributed by atoms with Crippen molar-refractivity contribution in [3.63, 3.8) is 0 Å². The third-order valence-electron chi connectivity index (χ3n) is 9.51. The number of rotatable bonds is 5. The molecule has 8 rings (SSSR count). The Morgan fingerprint density at radius 1 is 0.919 bits per heavy atom. The smallest absolute Gasteiger partial charge is 0.255 e. The Morgan fingerprint density at radius 3 is 2.54 bits per heavy atom. The Balaban J connectivity index is 1.06. The van der Waals surface area contributed by atoms with Gasteiger partial charge in [0.2, 0.25) is 5.91 Å². The quantitative estimate of drug-likeness (QED) is 0.636. The lowest BCUT2D eigenvalue weighted by molar-refractivity contribution is -0.160. The van der Waals surface area contributed by atoms with Gasteiger partial charge in [-0.05, 0) is 80.3 Å². The Kier molecular flexibility index (Phi) is 5.39. The Labute approximate surface area is 217 Å². The molecule has 2 aromatic carbocycles. The average molecular weight is 500 g/mol. The van der Waals surface area contributed by atoms with Crippen LogP contribution in [0.5, 0.6) is 5.75 Å². The molecule has 5 fully saturated rings. The fourth-order valence-corrected chi connectivity index (χ4v) is 7.41. The van der Waals surface area contributed by atoms with Crippen molar-refractivity contribution < 1.29 is 19.1 Å². The number of benzene rings is 2.